The molecule has 0 saturated carbocycles. The molecule has 1 aromatic heterocycles. The van der Waals surface area contributed by atoms with E-state index in [2.05, 4.69) is 10.2 Å². The molecule has 0 radical (unpaired) electrons. The van der Waals surface area contributed by atoms with Gasteiger partial charge >= 0.3 is 6.18 Å². The van der Waals surface area contributed by atoms with E-state index in [1.54, 1.807) is 0 Å². The van der Waals surface area contributed by atoms with Crippen LogP contribution in [0.2, 0.25) is 0 Å². The second kappa shape index (κ2) is 6.32. The Hall–Kier alpha value is -0.540. The summed E-state index contributed by atoms with van der Waals surface area (Å²) in [7, 11) is 0. The topological polar surface area (TPSA) is 15.3 Å². The van der Waals surface area contributed by atoms with Crippen molar-refractivity contribution in [2.45, 2.75) is 31.5 Å². The Morgan fingerprint density at radius 3 is 2.62 bits per heavy atom. The molecule has 2 bridgehead atoms. The summed E-state index contributed by atoms with van der Waals surface area (Å²) in [5, 5.41) is 4.39. The van der Waals surface area contributed by atoms with Gasteiger partial charge in [0.25, 0.3) is 0 Å². The summed E-state index contributed by atoms with van der Waals surface area (Å²) in [5.41, 5.74) is 1.41. The van der Waals surface area contributed by atoms with Gasteiger partial charge < -0.3 is 10.2 Å². The summed E-state index contributed by atoms with van der Waals surface area (Å²) in [6.45, 7) is 3.40. The Kier molecular flexibility index (Phi) is 4.45. The van der Waals surface area contributed by atoms with E-state index in [9.17, 15) is 13.2 Å². The molecule has 5 rings (SSSR count). The van der Waals surface area contributed by atoms with Crippen molar-refractivity contribution in [1.82, 2.24) is 4.90 Å². The van der Waals surface area contributed by atoms with Gasteiger partial charge in [0, 0.05) is 12.6 Å². The van der Waals surface area contributed by atoms with E-state index in [0.29, 0.717) is 17.5 Å². The van der Waals surface area contributed by atoms with E-state index >= 15 is 0 Å². The summed E-state index contributed by atoms with van der Waals surface area (Å²) in [6, 6.07) is 6.10. The number of nitrogens with zero attached hydrogens (tertiary/aromatic N) is 1. The molecule has 7 heteroatoms. The number of thiophene rings is 1. The summed E-state index contributed by atoms with van der Waals surface area (Å²) in [5.74, 6) is 0.680. The van der Waals surface area contributed by atoms with Gasteiger partial charge in [0.15, 0.2) is 0 Å². The van der Waals surface area contributed by atoms with Gasteiger partial charge in [-0.2, -0.15) is 13.2 Å². The molecule has 4 heterocycles. The number of anilines is 1. The minimum atomic E-state index is -4.17. The SMILES string of the molecule is FC(F)(F)Cc1c(I)sc2c(NC3CN4CCC3CC4)cccc12. The molecule has 130 valence electrons. The molecule has 3 aliphatic rings. The van der Waals surface area contributed by atoms with Crippen LogP contribution in [0.15, 0.2) is 18.2 Å². The number of halogens is 4. The Morgan fingerprint density at radius 2 is 2.00 bits per heavy atom. The van der Waals surface area contributed by atoms with Crippen LogP contribution in [0.4, 0.5) is 18.9 Å². The maximum absolute atomic E-state index is 12.9. The Labute approximate surface area is 156 Å². The number of alkyl halides is 3. The molecule has 1 aromatic carbocycles. The van der Waals surface area contributed by atoms with Crippen molar-refractivity contribution < 1.29 is 13.2 Å². The van der Waals surface area contributed by atoms with Crippen LogP contribution >= 0.6 is 33.9 Å². The fourth-order valence-electron chi connectivity index (χ4n) is 3.95. The molecule has 1 unspecified atom stereocenters. The van der Waals surface area contributed by atoms with E-state index in [1.165, 1.54) is 37.3 Å². The zero-order valence-corrected chi connectivity index (χ0v) is 16.0. The maximum Gasteiger partial charge on any atom is 0.393 e. The number of piperidine rings is 3. The Balaban J connectivity index is 1.66. The Bertz CT molecular complexity index is 750. The highest BCUT2D eigenvalue weighted by Crippen LogP contribution is 2.41. The summed E-state index contributed by atoms with van der Waals surface area (Å²) in [4.78, 5) is 2.48. The van der Waals surface area contributed by atoms with Crippen LogP contribution in [0.3, 0.4) is 0 Å². The van der Waals surface area contributed by atoms with Crippen molar-refractivity contribution in [1.29, 1.82) is 0 Å². The van der Waals surface area contributed by atoms with Crippen molar-refractivity contribution in [2.75, 3.05) is 25.0 Å². The number of nitrogens with one attached hydrogen (secondary N) is 1. The molecular formula is C17H18F3IN2S. The molecule has 24 heavy (non-hydrogen) atoms. The van der Waals surface area contributed by atoms with Gasteiger partial charge in [-0.05, 0) is 71.5 Å². The van der Waals surface area contributed by atoms with Gasteiger partial charge in [0.2, 0.25) is 0 Å². The molecule has 3 fully saturated rings. The summed E-state index contributed by atoms with van der Waals surface area (Å²) in [6.07, 6.45) is -2.59. The second-order valence-corrected chi connectivity index (χ2v) is 9.55. The Morgan fingerprint density at radius 1 is 1.25 bits per heavy atom. The van der Waals surface area contributed by atoms with Gasteiger partial charge in [0.05, 0.1) is 19.7 Å². The molecule has 2 aromatic rings. The molecule has 3 aliphatic heterocycles. The maximum atomic E-state index is 12.9. The van der Waals surface area contributed by atoms with Crippen molar-refractivity contribution in [3.8, 4) is 0 Å². The molecule has 1 N–H and O–H groups in total. The molecule has 2 nitrogen and oxygen atoms in total. The minimum Gasteiger partial charge on any atom is -0.380 e. The van der Waals surface area contributed by atoms with Crippen LogP contribution < -0.4 is 5.32 Å². The standard InChI is InChI=1S/C17H18F3IN2S/c18-17(19,20)8-12-11-2-1-3-13(15(11)24-16(12)21)22-14-9-23-6-4-10(14)5-7-23/h1-3,10,14,22H,4-9H2. The highest BCUT2D eigenvalue weighted by molar-refractivity contribution is 14.1. The van der Waals surface area contributed by atoms with Crippen LogP contribution in [0, 0.1) is 8.80 Å². The highest BCUT2D eigenvalue weighted by atomic mass is 127. The summed E-state index contributed by atoms with van der Waals surface area (Å²) < 4.78 is 40.3. The molecular weight excluding hydrogens is 448 g/mol. The van der Waals surface area contributed by atoms with Crippen molar-refractivity contribution in [3.05, 3.63) is 26.6 Å². The van der Waals surface area contributed by atoms with E-state index in [-0.39, 0.29) is 0 Å². The van der Waals surface area contributed by atoms with Gasteiger partial charge in [0.1, 0.15) is 0 Å². The molecule has 0 spiro atoms. The number of fused-ring (bicyclic) bond motifs is 4. The molecule has 1 atom stereocenters. The third-order valence-corrected chi connectivity index (χ3v) is 7.52. The third-order valence-electron chi connectivity index (χ3n) is 5.14. The normalized spacial score (nSPS) is 26.9. The zero-order valence-electron chi connectivity index (χ0n) is 13.0. The lowest BCUT2D eigenvalue weighted by atomic mass is 9.84. The zero-order chi connectivity index (χ0) is 16.9. The lowest BCUT2D eigenvalue weighted by molar-refractivity contribution is -0.127. The van der Waals surface area contributed by atoms with E-state index < -0.39 is 12.6 Å². The van der Waals surface area contributed by atoms with E-state index in [0.717, 1.165) is 25.2 Å². The predicted molar refractivity (Wildman–Crippen MR) is 101 cm³/mol. The summed E-state index contributed by atoms with van der Waals surface area (Å²) >= 11 is 3.51. The largest absolute Gasteiger partial charge is 0.393 e. The molecule has 0 amide bonds. The van der Waals surface area contributed by atoms with Crippen LogP contribution in [0.5, 0.6) is 0 Å². The van der Waals surface area contributed by atoms with Crippen molar-refractivity contribution in [3.63, 3.8) is 0 Å². The smallest absolute Gasteiger partial charge is 0.380 e. The van der Waals surface area contributed by atoms with Gasteiger partial charge in [-0.3, -0.25) is 0 Å². The highest BCUT2D eigenvalue weighted by Gasteiger charge is 2.35. The number of hydrogen-bond acceptors (Lipinski definition) is 3. The minimum absolute atomic E-state index is 0.406. The first kappa shape index (κ1) is 16.9. The lowest BCUT2D eigenvalue weighted by Gasteiger charge is -2.45. The molecule has 0 aliphatic carbocycles. The first-order valence-electron chi connectivity index (χ1n) is 8.16. The van der Waals surface area contributed by atoms with Crippen LogP contribution in [0.25, 0.3) is 10.1 Å². The lowest BCUT2D eigenvalue weighted by Crippen LogP contribution is -2.53. The average molecular weight is 466 g/mol. The van der Waals surface area contributed by atoms with Crippen LogP contribution in [-0.2, 0) is 6.42 Å². The van der Waals surface area contributed by atoms with Gasteiger partial charge in [-0.25, -0.2) is 0 Å². The predicted octanol–water partition coefficient (Wildman–Crippen LogP) is 5.12. The first-order valence-corrected chi connectivity index (χ1v) is 10.1. The quantitative estimate of drug-likeness (QED) is 0.633. The van der Waals surface area contributed by atoms with Crippen molar-refractivity contribution >= 4 is 49.7 Å². The molecule has 3 saturated heterocycles. The van der Waals surface area contributed by atoms with Gasteiger partial charge in [-0.15, -0.1) is 11.3 Å². The monoisotopic (exact) mass is 466 g/mol. The van der Waals surface area contributed by atoms with Crippen LogP contribution in [0.1, 0.15) is 18.4 Å². The fourth-order valence-corrected chi connectivity index (χ4v) is 6.11. The van der Waals surface area contributed by atoms with Gasteiger partial charge in [-0.1, -0.05) is 12.1 Å². The average Bonchev–Trinajstić information content (AvgIpc) is 2.84. The first-order chi connectivity index (χ1) is 11.4. The third kappa shape index (κ3) is 3.26. The van der Waals surface area contributed by atoms with E-state index in [4.69, 9.17) is 0 Å². The second-order valence-electron chi connectivity index (χ2n) is 6.72. The number of rotatable bonds is 3. The van der Waals surface area contributed by atoms with Crippen LogP contribution in [-0.4, -0.2) is 36.8 Å². The number of benzene rings is 1. The van der Waals surface area contributed by atoms with E-state index in [1.807, 2.05) is 40.8 Å². The fraction of sp³-hybridized carbons (Fsp3) is 0.529. The number of hydrogen-bond donors (Lipinski definition) is 1. The van der Waals surface area contributed by atoms with Crippen molar-refractivity contribution in [2.24, 2.45) is 5.92 Å².